The van der Waals surface area contributed by atoms with Gasteiger partial charge in [0.15, 0.2) is 0 Å². The summed E-state index contributed by atoms with van der Waals surface area (Å²) < 4.78 is 0. The molecule has 4 atom stereocenters. The van der Waals surface area contributed by atoms with Crippen LogP contribution in [0.4, 0.5) is 11.4 Å². The largest absolute Gasteiger partial charge is 0.324 e. The van der Waals surface area contributed by atoms with Crippen LogP contribution in [0.15, 0.2) is 36.4 Å². The van der Waals surface area contributed by atoms with Crippen molar-refractivity contribution in [2.45, 2.75) is 38.3 Å². The van der Waals surface area contributed by atoms with Crippen molar-refractivity contribution in [1.29, 1.82) is 0 Å². The number of carbonyl (C=O) groups excluding carboxylic acids is 3. The van der Waals surface area contributed by atoms with E-state index < -0.39 is 17.4 Å². The maximum absolute atomic E-state index is 13.9. The van der Waals surface area contributed by atoms with E-state index in [4.69, 9.17) is 11.6 Å². The maximum Gasteiger partial charge on any atom is 0.250 e. The molecule has 3 fully saturated rings. The number of hydrogen-bond acceptors (Lipinski definition) is 4. The Hall–Kier alpha value is -2.70. The van der Waals surface area contributed by atoms with Crippen LogP contribution in [0.25, 0.3) is 0 Å². The Morgan fingerprint density at radius 3 is 2.65 bits per heavy atom. The third-order valence-corrected chi connectivity index (χ3v) is 7.86. The summed E-state index contributed by atoms with van der Waals surface area (Å²) in [6.45, 7) is 4.66. The van der Waals surface area contributed by atoms with Gasteiger partial charge in [0.2, 0.25) is 17.7 Å². The summed E-state index contributed by atoms with van der Waals surface area (Å²) in [6, 6.07) is 10.8. The van der Waals surface area contributed by atoms with Crippen LogP contribution in [0.3, 0.4) is 0 Å². The van der Waals surface area contributed by atoms with Crippen molar-refractivity contribution < 1.29 is 14.4 Å². The molecule has 0 unspecified atom stereocenters. The van der Waals surface area contributed by atoms with E-state index in [1.165, 1.54) is 4.90 Å². The number of carbonyl (C=O) groups is 3. The first-order chi connectivity index (χ1) is 14.9. The first-order valence-corrected chi connectivity index (χ1v) is 11.1. The SMILES string of the molecule is Cc1cc(C)c2c(c1)[C@]1(C(=O)N2)[C@@H]2C(=O)N(c3ccccc3Cl)C(=O)[C@H]2[C@H]2CCCN21. The van der Waals surface area contributed by atoms with Crippen LogP contribution in [-0.4, -0.2) is 35.2 Å². The lowest BCUT2D eigenvalue weighted by molar-refractivity contribution is -0.135. The number of nitrogens with zero attached hydrogens (tertiary/aromatic N) is 2. The Labute approximate surface area is 185 Å². The van der Waals surface area contributed by atoms with E-state index in [-0.39, 0.29) is 23.8 Å². The molecule has 0 saturated carbocycles. The number of nitrogens with one attached hydrogen (secondary N) is 1. The number of imide groups is 1. The molecule has 0 aliphatic carbocycles. The Morgan fingerprint density at radius 1 is 1.10 bits per heavy atom. The Bertz CT molecular complexity index is 1190. The molecule has 2 aromatic rings. The van der Waals surface area contributed by atoms with Crippen molar-refractivity contribution >= 4 is 40.7 Å². The second kappa shape index (κ2) is 6.17. The molecule has 158 valence electrons. The number of hydrogen-bond donors (Lipinski definition) is 1. The molecule has 6 nitrogen and oxygen atoms in total. The van der Waals surface area contributed by atoms with Crippen LogP contribution in [-0.2, 0) is 19.9 Å². The molecule has 3 saturated heterocycles. The Kier molecular flexibility index (Phi) is 3.79. The average Bonchev–Trinajstić information content (AvgIpc) is 3.42. The van der Waals surface area contributed by atoms with Crippen molar-refractivity contribution in [3.8, 4) is 0 Å². The normalized spacial score (nSPS) is 31.4. The van der Waals surface area contributed by atoms with Gasteiger partial charge in [-0.25, -0.2) is 4.90 Å². The van der Waals surface area contributed by atoms with E-state index in [9.17, 15) is 14.4 Å². The molecule has 1 N–H and O–H groups in total. The highest BCUT2D eigenvalue weighted by Gasteiger charge is 2.74. The quantitative estimate of drug-likeness (QED) is 0.697. The highest BCUT2D eigenvalue weighted by molar-refractivity contribution is 6.36. The van der Waals surface area contributed by atoms with Crippen molar-refractivity contribution in [2.75, 3.05) is 16.8 Å². The van der Waals surface area contributed by atoms with Gasteiger partial charge in [0.25, 0.3) is 0 Å². The molecule has 2 aromatic carbocycles. The fraction of sp³-hybridized carbons (Fsp3) is 0.375. The molecule has 4 aliphatic rings. The molecule has 0 aromatic heterocycles. The summed E-state index contributed by atoms with van der Waals surface area (Å²) in [5, 5.41) is 3.41. The number of para-hydroxylation sites is 1. The second-order valence-electron chi connectivity index (χ2n) is 9.09. The van der Waals surface area contributed by atoms with Crippen molar-refractivity contribution in [3.63, 3.8) is 0 Å². The van der Waals surface area contributed by atoms with E-state index in [2.05, 4.69) is 10.2 Å². The van der Waals surface area contributed by atoms with Gasteiger partial charge in [-0.2, -0.15) is 0 Å². The summed E-state index contributed by atoms with van der Waals surface area (Å²) in [7, 11) is 0. The van der Waals surface area contributed by atoms with Gasteiger partial charge in [0.05, 0.1) is 22.5 Å². The van der Waals surface area contributed by atoms with E-state index in [0.29, 0.717) is 17.3 Å². The van der Waals surface area contributed by atoms with Crippen LogP contribution >= 0.6 is 11.6 Å². The second-order valence-corrected chi connectivity index (χ2v) is 9.50. The third-order valence-electron chi connectivity index (χ3n) is 7.54. The first-order valence-electron chi connectivity index (χ1n) is 10.7. The number of fused-ring (bicyclic) bond motifs is 7. The van der Waals surface area contributed by atoms with Crippen molar-refractivity contribution in [2.24, 2.45) is 11.8 Å². The molecule has 7 heteroatoms. The van der Waals surface area contributed by atoms with Gasteiger partial charge in [-0.1, -0.05) is 41.4 Å². The number of aryl methyl sites for hydroxylation is 2. The smallest absolute Gasteiger partial charge is 0.250 e. The van der Waals surface area contributed by atoms with E-state index >= 15 is 0 Å². The lowest BCUT2D eigenvalue weighted by Crippen LogP contribution is -2.54. The molecular formula is C24H22ClN3O3. The predicted octanol–water partition coefficient (Wildman–Crippen LogP) is 3.39. The molecule has 0 radical (unpaired) electrons. The van der Waals surface area contributed by atoms with Crippen LogP contribution in [0.5, 0.6) is 0 Å². The molecule has 4 heterocycles. The summed E-state index contributed by atoms with van der Waals surface area (Å²) in [5.41, 5.74) is 2.85. The molecule has 1 spiro atoms. The fourth-order valence-corrected chi connectivity index (χ4v) is 6.75. The number of rotatable bonds is 1. The topological polar surface area (TPSA) is 69.7 Å². The number of halogens is 1. The predicted molar refractivity (Wildman–Crippen MR) is 117 cm³/mol. The van der Waals surface area contributed by atoms with E-state index in [1.807, 2.05) is 26.0 Å². The standard InChI is InChI=1S/C24H22ClN3O3/c1-12-10-13(2)20-14(11-12)24(23(31)26-20)19-18(17-8-5-9-27(17)24)21(29)28(22(19)30)16-7-4-3-6-15(16)25/h3-4,6-7,10-11,17-19H,5,8-9H2,1-2H3,(H,26,31)/t17-,18+,19+,24-/m1/s1. The highest BCUT2D eigenvalue weighted by Crippen LogP contribution is 2.61. The lowest BCUT2D eigenvalue weighted by atomic mass is 9.75. The Balaban J connectivity index is 1.60. The van der Waals surface area contributed by atoms with Crippen LogP contribution < -0.4 is 10.2 Å². The minimum absolute atomic E-state index is 0.133. The minimum atomic E-state index is -1.15. The maximum atomic E-state index is 13.9. The van der Waals surface area contributed by atoms with Crippen LogP contribution in [0.1, 0.15) is 29.5 Å². The number of amides is 3. The summed E-state index contributed by atoms with van der Waals surface area (Å²) in [6.07, 6.45) is 1.70. The van der Waals surface area contributed by atoms with Crippen molar-refractivity contribution in [3.05, 3.63) is 58.1 Å². The van der Waals surface area contributed by atoms with Crippen LogP contribution in [0, 0.1) is 25.7 Å². The van der Waals surface area contributed by atoms with Gasteiger partial charge in [0.1, 0.15) is 5.54 Å². The third kappa shape index (κ3) is 2.14. The fourth-order valence-electron chi connectivity index (χ4n) is 6.53. The van der Waals surface area contributed by atoms with Gasteiger partial charge in [0, 0.05) is 17.3 Å². The van der Waals surface area contributed by atoms with Gasteiger partial charge < -0.3 is 5.32 Å². The summed E-state index contributed by atoms with van der Waals surface area (Å²) >= 11 is 6.37. The molecule has 0 bridgehead atoms. The van der Waals surface area contributed by atoms with E-state index in [0.717, 1.165) is 35.2 Å². The van der Waals surface area contributed by atoms with Crippen LogP contribution in [0.2, 0.25) is 5.02 Å². The zero-order valence-corrected chi connectivity index (χ0v) is 18.1. The molecular weight excluding hydrogens is 414 g/mol. The number of benzene rings is 2. The van der Waals surface area contributed by atoms with Gasteiger partial charge >= 0.3 is 0 Å². The summed E-state index contributed by atoms with van der Waals surface area (Å²) in [5.74, 6) is -2.09. The van der Waals surface area contributed by atoms with Gasteiger partial charge in [-0.05, 0) is 50.9 Å². The monoisotopic (exact) mass is 435 g/mol. The minimum Gasteiger partial charge on any atom is -0.324 e. The van der Waals surface area contributed by atoms with Gasteiger partial charge in [-0.15, -0.1) is 0 Å². The first kappa shape index (κ1) is 19.0. The molecule has 31 heavy (non-hydrogen) atoms. The Morgan fingerprint density at radius 2 is 1.87 bits per heavy atom. The highest BCUT2D eigenvalue weighted by atomic mass is 35.5. The zero-order valence-electron chi connectivity index (χ0n) is 17.3. The lowest BCUT2D eigenvalue weighted by Gasteiger charge is -2.37. The van der Waals surface area contributed by atoms with Crippen molar-refractivity contribution in [1.82, 2.24) is 4.90 Å². The molecule has 3 amide bonds. The average molecular weight is 436 g/mol. The van der Waals surface area contributed by atoms with E-state index in [1.54, 1.807) is 24.3 Å². The molecule has 4 aliphatic heterocycles. The number of anilines is 2. The zero-order chi connectivity index (χ0) is 21.7. The molecule has 6 rings (SSSR count). The summed E-state index contributed by atoms with van der Waals surface area (Å²) in [4.78, 5) is 44.7. The van der Waals surface area contributed by atoms with Gasteiger partial charge in [-0.3, -0.25) is 19.3 Å².